The van der Waals surface area contributed by atoms with Gasteiger partial charge in [-0.2, -0.15) is 4.39 Å². The molecule has 0 N–H and O–H groups in total. The molecule has 0 aliphatic rings. The highest BCUT2D eigenvalue weighted by atomic mass is 19.1. The van der Waals surface area contributed by atoms with E-state index < -0.39 is 33.7 Å². The molecule has 8 heteroatoms. The summed E-state index contributed by atoms with van der Waals surface area (Å²) in [4.78, 5) is 22.8. The van der Waals surface area contributed by atoms with E-state index in [0.717, 1.165) is 0 Å². The summed E-state index contributed by atoms with van der Waals surface area (Å²) >= 11 is 0. The molecule has 0 heterocycles. The summed E-state index contributed by atoms with van der Waals surface area (Å²) in [6, 6.07) is 0.920. The zero-order chi connectivity index (χ0) is 16.0. The normalized spacial score (nSPS) is 10.2. The number of ether oxygens (including phenoxy) is 1. The molecule has 0 saturated carbocycles. The quantitative estimate of drug-likeness (QED) is 0.439. The summed E-state index contributed by atoms with van der Waals surface area (Å²) in [5.74, 6) is -3.21. The Morgan fingerprint density at radius 1 is 1.48 bits per heavy atom. The first-order valence-electron chi connectivity index (χ1n) is 5.95. The van der Waals surface area contributed by atoms with E-state index in [2.05, 4.69) is 6.58 Å². The first-order chi connectivity index (χ1) is 9.92. The Labute approximate surface area is 119 Å². The molecular weight excluding hydrogens is 286 g/mol. The molecule has 0 bridgehead atoms. The highest BCUT2D eigenvalue weighted by Gasteiger charge is 2.24. The van der Waals surface area contributed by atoms with Crippen molar-refractivity contribution in [1.29, 1.82) is 0 Å². The number of carbonyl (C=O) groups is 1. The van der Waals surface area contributed by atoms with Crippen LogP contribution in [-0.2, 0) is 4.74 Å². The van der Waals surface area contributed by atoms with Crippen molar-refractivity contribution in [2.24, 2.45) is 0 Å². The minimum absolute atomic E-state index is 0.111. The lowest BCUT2D eigenvalue weighted by molar-refractivity contribution is -0.387. The van der Waals surface area contributed by atoms with Crippen molar-refractivity contribution in [3.63, 3.8) is 0 Å². The van der Waals surface area contributed by atoms with Gasteiger partial charge in [0.1, 0.15) is 5.82 Å². The van der Waals surface area contributed by atoms with E-state index in [1.807, 2.05) is 0 Å². The van der Waals surface area contributed by atoms with Crippen LogP contribution in [0.5, 0.6) is 0 Å². The third kappa shape index (κ3) is 4.06. The number of nitro benzene ring substituents is 1. The average molecular weight is 300 g/mol. The molecule has 1 rings (SSSR count). The van der Waals surface area contributed by atoms with Crippen LogP contribution in [0, 0.1) is 21.7 Å². The second kappa shape index (κ2) is 7.44. The molecule has 1 aromatic carbocycles. The Balaban J connectivity index is 3.12. The Bertz CT molecular complexity index is 563. The second-order valence-electron chi connectivity index (χ2n) is 4.07. The standard InChI is InChI=1S/C13H14F2N2O4/c1-3-4-16(5-6-21-2)13(18)9-7-11(15)12(17(19)20)8-10(9)14/h3,7-8H,1,4-6H2,2H3. The predicted octanol–water partition coefficient (Wildman–Crippen LogP) is 2.15. The zero-order valence-electron chi connectivity index (χ0n) is 11.3. The molecule has 0 spiro atoms. The number of hydrogen-bond acceptors (Lipinski definition) is 4. The van der Waals surface area contributed by atoms with E-state index in [4.69, 9.17) is 4.74 Å². The van der Waals surface area contributed by atoms with Crippen molar-refractivity contribution in [1.82, 2.24) is 4.90 Å². The van der Waals surface area contributed by atoms with E-state index in [1.54, 1.807) is 0 Å². The number of benzene rings is 1. The van der Waals surface area contributed by atoms with Crippen molar-refractivity contribution < 1.29 is 23.2 Å². The number of amides is 1. The number of nitro groups is 1. The Morgan fingerprint density at radius 2 is 2.14 bits per heavy atom. The van der Waals surface area contributed by atoms with Crippen LogP contribution in [0.2, 0.25) is 0 Å². The summed E-state index contributed by atoms with van der Waals surface area (Å²) in [5.41, 5.74) is -1.59. The lowest BCUT2D eigenvalue weighted by Gasteiger charge is -2.21. The minimum Gasteiger partial charge on any atom is -0.383 e. The first-order valence-corrected chi connectivity index (χ1v) is 5.95. The smallest absolute Gasteiger partial charge is 0.307 e. The third-order valence-corrected chi connectivity index (χ3v) is 2.67. The molecule has 21 heavy (non-hydrogen) atoms. The Kier molecular flexibility index (Phi) is 5.92. The van der Waals surface area contributed by atoms with Gasteiger partial charge in [0.05, 0.1) is 23.2 Å². The largest absolute Gasteiger partial charge is 0.383 e. The number of nitrogens with zero attached hydrogens (tertiary/aromatic N) is 2. The minimum atomic E-state index is -1.27. The summed E-state index contributed by atoms with van der Waals surface area (Å²) in [7, 11) is 1.43. The Hall–Kier alpha value is -2.35. The maximum atomic E-state index is 13.8. The van der Waals surface area contributed by atoms with Gasteiger partial charge in [-0.15, -0.1) is 6.58 Å². The molecule has 0 fully saturated rings. The molecule has 6 nitrogen and oxygen atoms in total. The average Bonchev–Trinajstić information content (AvgIpc) is 2.44. The van der Waals surface area contributed by atoms with Gasteiger partial charge >= 0.3 is 5.69 Å². The SMILES string of the molecule is C=CCN(CCOC)C(=O)c1cc(F)c([N+](=O)[O-])cc1F. The molecular formula is C13H14F2N2O4. The van der Waals surface area contributed by atoms with Crippen LogP contribution in [0.15, 0.2) is 24.8 Å². The molecule has 0 unspecified atom stereocenters. The molecule has 0 atom stereocenters. The van der Waals surface area contributed by atoms with Crippen molar-refractivity contribution in [3.05, 3.63) is 52.1 Å². The summed E-state index contributed by atoms with van der Waals surface area (Å²) < 4.78 is 32.1. The van der Waals surface area contributed by atoms with Gasteiger partial charge in [0.15, 0.2) is 0 Å². The van der Waals surface area contributed by atoms with Crippen molar-refractivity contribution in [2.75, 3.05) is 26.8 Å². The molecule has 114 valence electrons. The van der Waals surface area contributed by atoms with Gasteiger partial charge in [-0.1, -0.05) is 6.08 Å². The van der Waals surface area contributed by atoms with Crippen LogP contribution >= 0.6 is 0 Å². The number of methoxy groups -OCH3 is 1. The molecule has 1 aromatic rings. The van der Waals surface area contributed by atoms with Crippen molar-refractivity contribution in [2.45, 2.75) is 0 Å². The van der Waals surface area contributed by atoms with Gasteiger partial charge in [-0.25, -0.2) is 4.39 Å². The van der Waals surface area contributed by atoms with E-state index in [-0.39, 0.29) is 19.7 Å². The van der Waals surface area contributed by atoms with Crippen molar-refractivity contribution in [3.8, 4) is 0 Å². The maximum absolute atomic E-state index is 13.8. The summed E-state index contributed by atoms with van der Waals surface area (Å²) in [6.07, 6.45) is 1.42. The predicted molar refractivity (Wildman–Crippen MR) is 71.0 cm³/mol. The van der Waals surface area contributed by atoms with Crippen molar-refractivity contribution >= 4 is 11.6 Å². The van der Waals surface area contributed by atoms with Gasteiger partial charge in [0, 0.05) is 20.2 Å². The third-order valence-electron chi connectivity index (χ3n) is 2.67. The van der Waals surface area contributed by atoms with Gasteiger partial charge in [-0.05, 0) is 6.07 Å². The fraction of sp³-hybridized carbons (Fsp3) is 0.308. The highest BCUT2D eigenvalue weighted by molar-refractivity contribution is 5.94. The number of carbonyl (C=O) groups excluding carboxylic acids is 1. The van der Waals surface area contributed by atoms with Crippen LogP contribution in [0.1, 0.15) is 10.4 Å². The van der Waals surface area contributed by atoms with Crippen LogP contribution in [0.25, 0.3) is 0 Å². The van der Waals surface area contributed by atoms with Gasteiger partial charge in [-0.3, -0.25) is 14.9 Å². The fourth-order valence-corrected chi connectivity index (χ4v) is 1.64. The van der Waals surface area contributed by atoms with Crippen LogP contribution in [0.4, 0.5) is 14.5 Å². The second-order valence-corrected chi connectivity index (χ2v) is 4.07. The number of rotatable bonds is 7. The van der Waals surface area contributed by atoms with Crippen LogP contribution < -0.4 is 0 Å². The van der Waals surface area contributed by atoms with E-state index in [0.29, 0.717) is 12.1 Å². The molecule has 0 aromatic heterocycles. The number of hydrogen-bond donors (Lipinski definition) is 0. The lowest BCUT2D eigenvalue weighted by Crippen LogP contribution is -2.34. The van der Waals surface area contributed by atoms with Gasteiger partial charge in [0.25, 0.3) is 5.91 Å². The van der Waals surface area contributed by atoms with Gasteiger partial charge < -0.3 is 9.64 Å². The van der Waals surface area contributed by atoms with E-state index >= 15 is 0 Å². The number of halogens is 2. The highest BCUT2D eigenvalue weighted by Crippen LogP contribution is 2.22. The molecule has 0 saturated heterocycles. The zero-order valence-corrected chi connectivity index (χ0v) is 11.3. The maximum Gasteiger partial charge on any atom is 0.307 e. The lowest BCUT2D eigenvalue weighted by atomic mass is 10.1. The van der Waals surface area contributed by atoms with E-state index in [9.17, 15) is 23.7 Å². The molecule has 1 amide bonds. The fourth-order valence-electron chi connectivity index (χ4n) is 1.64. The summed E-state index contributed by atoms with van der Waals surface area (Å²) in [6.45, 7) is 3.94. The van der Waals surface area contributed by atoms with Crippen LogP contribution in [-0.4, -0.2) is 42.5 Å². The van der Waals surface area contributed by atoms with Crippen LogP contribution in [0.3, 0.4) is 0 Å². The Morgan fingerprint density at radius 3 is 2.67 bits per heavy atom. The molecule has 0 aliphatic heterocycles. The topological polar surface area (TPSA) is 72.7 Å². The monoisotopic (exact) mass is 300 g/mol. The first kappa shape index (κ1) is 16.7. The molecule has 0 aliphatic carbocycles. The van der Waals surface area contributed by atoms with E-state index in [1.165, 1.54) is 18.1 Å². The molecule has 0 radical (unpaired) electrons. The van der Waals surface area contributed by atoms with Gasteiger partial charge in [0.2, 0.25) is 5.82 Å². The summed E-state index contributed by atoms with van der Waals surface area (Å²) in [5, 5.41) is 10.5.